The van der Waals surface area contributed by atoms with Gasteiger partial charge in [-0.15, -0.1) is 23.7 Å². The molecule has 2 unspecified atom stereocenters. The fourth-order valence-corrected chi connectivity index (χ4v) is 4.63. The smallest absolute Gasteiger partial charge is 0.141 e. The molecule has 5 heteroatoms. The lowest BCUT2D eigenvalue weighted by molar-refractivity contribution is -0.0594. The number of thiazole rings is 1. The Morgan fingerprint density at radius 2 is 2.22 bits per heavy atom. The Bertz CT molecular complexity index is 953. The summed E-state index contributed by atoms with van der Waals surface area (Å²) in [4.78, 5) is 4.54. The second-order valence-electron chi connectivity index (χ2n) is 6.80. The highest BCUT2D eigenvalue weighted by molar-refractivity contribution is 7.10. The summed E-state index contributed by atoms with van der Waals surface area (Å²) >= 11 is 1.58. The van der Waals surface area contributed by atoms with E-state index in [-0.39, 0.29) is 18.5 Å². The second-order valence-corrected chi connectivity index (χ2v) is 7.69. The number of ether oxygens (including phenoxy) is 1. The van der Waals surface area contributed by atoms with E-state index >= 15 is 0 Å². The van der Waals surface area contributed by atoms with Gasteiger partial charge in [0.05, 0.1) is 12.2 Å². The molecule has 0 bridgehead atoms. The average Bonchev–Trinajstić information content (AvgIpc) is 3.32. The average molecular weight is 397 g/mol. The van der Waals surface area contributed by atoms with Gasteiger partial charge in [-0.25, -0.2) is 4.98 Å². The monoisotopic (exact) mass is 396 g/mol. The van der Waals surface area contributed by atoms with E-state index in [0.29, 0.717) is 0 Å². The highest BCUT2D eigenvalue weighted by atomic mass is 35.5. The topological polar surface area (TPSA) is 45.9 Å². The first-order valence-corrected chi connectivity index (χ1v) is 9.70. The van der Waals surface area contributed by atoms with Gasteiger partial charge in [0.1, 0.15) is 16.5 Å². The molecule has 0 aliphatic heterocycles. The normalized spacial score (nSPS) is 22.9. The summed E-state index contributed by atoms with van der Waals surface area (Å²) in [5.41, 5.74) is 3.60. The second kappa shape index (κ2) is 7.82. The molecule has 0 saturated carbocycles. The van der Waals surface area contributed by atoms with Gasteiger partial charge in [0.25, 0.3) is 0 Å². The summed E-state index contributed by atoms with van der Waals surface area (Å²) in [5.74, 6) is -0.422. The first kappa shape index (κ1) is 19.6. The predicted molar refractivity (Wildman–Crippen MR) is 113 cm³/mol. The summed E-state index contributed by atoms with van der Waals surface area (Å²) in [6, 6.07) is 8.80. The minimum absolute atomic E-state index is 0. The molecule has 1 aromatic carbocycles. The fourth-order valence-electron chi connectivity index (χ4n) is 3.91. The minimum Gasteiger partial charge on any atom is -0.361 e. The predicted octanol–water partition coefficient (Wildman–Crippen LogP) is 5.55. The van der Waals surface area contributed by atoms with Crippen LogP contribution in [0.5, 0.6) is 0 Å². The number of benzene rings is 1. The molecule has 27 heavy (non-hydrogen) atoms. The lowest BCUT2D eigenvalue weighted by Crippen LogP contribution is -2.42. The Balaban J connectivity index is 0.00000210. The Morgan fingerprint density at radius 3 is 2.93 bits per heavy atom. The molecular weight excluding hydrogens is 376 g/mol. The van der Waals surface area contributed by atoms with Crippen molar-refractivity contribution in [1.29, 1.82) is 5.26 Å². The zero-order chi connectivity index (χ0) is 18.1. The molecule has 4 rings (SSSR count). The van der Waals surface area contributed by atoms with Crippen molar-refractivity contribution in [1.82, 2.24) is 4.98 Å². The van der Waals surface area contributed by atoms with Crippen LogP contribution >= 0.6 is 23.7 Å². The van der Waals surface area contributed by atoms with Crippen molar-refractivity contribution in [3.63, 3.8) is 0 Å². The lowest BCUT2D eigenvalue weighted by Gasteiger charge is -2.42. The van der Waals surface area contributed by atoms with E-state index in [1.165, 1.54) is 11.1 Å². The number of nitrogens with zero attached hydrogens (tertiary/aromatic N) is 2. The Hall–Kier alpha value is -2.19. The van der Waals surface area contributed by atoms with E-state index < -0.39 is 11.5 Å². The van der Waals surface area contributed by atoms with Crippen molar-refractivity contribution in [2.24, 2.45) is 5.92 Å². The van der Waals surface area contributed by atoms with Crippen molar-refractivity contribution in [2.45, 2.75) is 32.0 Å². The molecule has 2 aliphatic carbocycles. The molecule has 2 aliphatic rings. The number of fused-ring (bicyclic) bond motifs is 1. The van der Waals surface area contributed by atoms with Crippen molar-refractivity contribution in [3.05, 3.63) is 75.8 Å². The standard InChI is InChI=1S/C22H20N2OS.ClH/c1-15(2)25-22(19-10-4-7-16-6-3-9-18(16)19)17(14-23)8-5-11-20(22)21-24-12-13-26-21;/h3-5,7-13,15,17H,6H2,1-2H3;1H. The molecule has 0 spiro atoms. The van der Waals surface area contributed by atoms with Gasteiger partial charge in [0.2, 0.25) is 0 Å². The third kappa shape index (κ3) is 3.17. The molecule has 0 saturated heterocycles. The van der Waals surface area contributed by atoms with Gasteiger partial charge in [-0.3, -0.25) is 0 Å². The highest BCUT2D eigenvalue weighted by Gasteiger charge is 2.49. The van der Waals surface area contributed by atoms with Crippen molar-refractivity contribution >= 4 is 35.4 Å². The van der Waals surface area contributed by atoms with Crippen LogP contribution in [0.1, 0.15) is 35.5 Å². The molecule has 0 fully saturated rings. The third-order valence-electron chi connectivity index (χ3n) is 4.85. The van der Waals surface area contributed by atoms with Crippen LogP contribution in [0.4, 0.5) is 0 Å². The molecule has 138 valence electrons. The first-order chi connectivity index (χ1) is 12.7. The van der Waals surface area contributed by atoms with Crippen LogP contribution in [-0.4, -0.2) is 11.1 Å². The summed E-state index contributed by atoms with van der Waals surface area (Å²) in [7, 11) is 0. The van der Waals surface area contributed by atoms with Crippen LogP contribution in [-0.2, 0) is 16.8 Å². The number of halogens is 1. The SMILES string of the molecule is CC(C)OC1(c2cccc3c2C=CC3)C(c2nccs2)=CC=CC1C#N.Cl. The van der Waals surface area contributed by atoms with E-state index in [1.807, 2.05) is 37.5 Å². The Morgan fingerprint density at radius 1 is 1.37 bits per heavy atom. The number of hydrogen-bond acceptors (Lipinski definition) is 4. The maximum absolute atomic E-state index is 10.0. The Kier molecular flexibility index (Phi) is 5.67. The fraction of sp³-hybridized carbons (Fsp3) is 0.273. The molecule has 1 heterocycles. The van der Waals surface area contributed by atoms with Crippen LogP contribution in [0.25, 0.3) is 11.6 Å². The quantitative estimate of drug-likeness (QED) is 0.680. The van der Waals surface area contributed by atoms with E-state index in [2.05, 4.69) is 41.4 Å². The van der Waals surface area contributed by atoms with E-state index in [0.717, 1.165) is 22.6 Å². The maximum Gasteiger partial charge on any atom is 0.141 e. The molecule has 2 atom stereocenters. The zero-order valence-corrected chi connectivity index (χ0v) is 16.9. The number of rotatable bonds is 4. The van der Waals surface area contributed by atoms with Crippen LogP contribution in [0.15, 0.2) is 54.1 Å². The molecular formula is C22H21ClN2OS. The number of allylic oxidation sites excluding steroid dienone is 3. The zero-order valence-electron chi connectivity index (χ0n) is 15.3. The van der Waals surface area contributed by atoms with Gasteiger partial charge in [-0.05, 0) is 37.0 Å². The summed E-state index contributed by atoms with van der Waals surface area (Å²) in [5, 5.41) is 12.9. The highest BCUT2D eigenvalue weighted by Crippen LogP contribution is 2.51. The molecule has 2 aromatic rings. The molecule has 0 N–H and O–H groups in total. The van der Waals surface area contributed by atoms with Crippen molar-refractivity contribution in [3.8, 4) is 6.07 Å². The largest absolute Gasteiger partial charge is 0.361 e. The van der Waals surface area contributed by atoms with E-state index in [9.17, 15) is 5.26 Å². The summed E-state index contributed by atoms with van der Waals surface area (Å²) in [6.07, 6.45) is 12.9. The maximum atomic E-state index is 10.0. The summed E-state index contributed by atoms with van der Waals surface area (Å²) < 4.78 is 6.62. The number of nitriles is 1. The van der Waals surface area contributed by atoms with E-state index in [1.54, 1.807) is 17.5 Å². The van der Waals surface area contributed by atoms with Crippen LogP contribution in [0.3, 0.4) is 0 Å². The van der Waals surface area contributed by atoms with Gasteiger partial charge < -0.3 is 4.74 Å². The van der Waals surface area contributed by atoms with Crippen LogP contribution in [0.2, 0.25) is 0 Å². The molecule has 1 aromatic heterocycles. The van der Waals surface area contributed by atoms with Gasteiger partial charge in [-0.1, -0.05) is 48.6 Å². The number of hydrogen-bond donors (Lipinski definition) is 0. The lowest BCUT2D eigenvalue weighted by atomic mass is 9.71. The van der Waals surface area contributed by atoms with Gasteiger partial charge in [0, 0.05) is 17.2 Å². The van der Waals surface area contributed by atoms with Gasteiger partial charge in [-0.2, -0.15) is 5.26 Å². The molecule has 0 amide bonds. The molecule has 3 nitrogen and oxygen atoms in total. The Labute approximate surface area is 170 Å². The van der Waals surface area contributed by atoms with Crippen LogP contribution < -0.4 is 0 Å². The van der Waals surface area contributed by atoms with E-state index in [4.69, 9.17) is 4.74 Å². The first-order valence-electron chi connectivity index (χ1n) is 8.82. The van der Waals surface area contributed by atoms with Crippen molar-refractivity contribution in [2.75, 3.05) is 0 Å². The van der Waals surface area contributed by atoms with Gasteiger partial charge in [0.15, 0.2) is 0 Å². The number of aromatic nitrogens is 1. The molecule has 0 radical (unpaired) electrons. The van der Waals surface area contributed by atoms with Crippen LogP contribution in [0, 0.1) is 17.2 Å². The van der Waals surface area contributed by atoms with Crippen molar-refractivity contribution < 1.29 is 4.74 Å². The third-order valence-corrected chi connectivity index (χ3v) is 5.65. The van der Waals surface area contributed by atoms with Gasteiger partial charge >= 0.3 is 0 Å². The summed E-state index contributed by atoms with van der Waals surface area (Å²) in [6.45, 7) is 4.04. The minimum atomic E-state index is -0.866.